The summed E-state index contributed by atoms with van der Waals surface area (Å²) in [5.74, 6) is 0.861. The third kappa shape index (κ3) is 3.32. The lowest BCUT2D eigenvalue weighted by Crippen LogP contribution is -2.41. The van der Waals surface area contributed by atoms with Crippen LogP contribution < -0.4 is 10.0 Å². The number of fused-ring (bicyclic) bond motifs is 1. The molecule has 0 atom stereocenters. The molecule has 0 bridgehead atoms. The normalized spacial score (nSPS) is 23.2. The van der Waals surface area contributed by atoms with Gasteiger partial charge in [0.05, 0.1) is 5.69 Å². The predicted octanol–water partition coefficient (Wildman–Crippen LogP) is 2.98. The zero-order valence-corrected chi connectivity index (χ0v) is 13.2. The fourth-order valence-corrected chi connectivity index (χ4v) is 4.23. The summed E-state index contributed by atoms with van der Waals surface area (Å²) in [6.07, 6.45) is 6.14. The second-order valence-electron chi connectivity index (χ2n) is 5.56. The number of aliphatic imine (C=N–C) groups is 1. The number of sulfonamides is 1. The number of hydrogen-bond acceptors (Lipinski definition) is 3. The molecule has 0 saturated heterocycles. The molecule has 1 heterocycles. The second-order valence-corrected chi connectivity index (χ2v) is 7.65. The van der Waals surface area contributed by atoms with Gasteiger partial charge in [0.1, 0.15) is 4.90 Å². The van der Waals surface area contributed by atoms with E-state index in [4.69, 9.17) is 11.6 Å². The van der Waals surface area contributed by atoms with Crippen molar-refractivity contribution in [3.8, 4) is 0 Å². The van der Waals surface area contributed by atoms with Crippen LogP contribution in [0.5, 0.6) is 0 Å². The molecule has 7 heteroatoms. The minimum atomic E-state index is -3.59. The van der Waals surface area contributed by atoms with Crippen LogP contribution in [0.2, 0.25) is 5.02 Å². The molecule has 0 spiro atoms. The fourth-order valence-electron chi connectivity index (χ4n) is 2.82. The molecule has 2 N–H and O–H groups in total. The first-order valence-electron chi connectivity index (χ1n) is 7.18. The fraction of sp³-hybridized carbons (Fsp3) is 0.500. The first-order chi connectivity index (χ1) is 10.0. The summed E-state index contributed by atoms with van der Waals surface area (Å²) in [4.78, 5) is 4.56. The van der Waals surface area contributed by atoms with Crippen LogP contribution in [0, 0.1) is 5.92 Å². The number of anilines is 1. The highest BCUT2D eigenvalue weighted by molar-refractivity contribution is 7.90. The van der Waals surface area contributed by atoms with Crippen molar-refractivity contribution < 1.29 is 8.42 Å². The smallest absolute Gasteiger partial charge is 0.266 e. The number of benzene rings is 1. The molecule has 1 aromatic rings. The van der Waals surface area contributed by atoms with Crippen LogP contribution in [0.4, 0.5) is 5.69 Å². The van der Waals surface area contributed by atoms with Gasteiger partial charge in [-0.25, -0.2) is 13.1 Å². The Kier molecular flexibility index (Phi) is 4.08. The lowest BCUT2D eigenvalue weighted by Gasteiger charge is -2.23. The van der Waals surface area contributed by atoms with Gasteiger partial charge in [-0.15, -0.1) is 0 Å². The summed E-state index contributed by atoms with van der Waals surface area (Å²) in [5, 5.41) is 3.41. The highest BCUT2D eigenvalue weighted by Crippen LogP contribution is 2.28. The maximum Gasteiger partial charge on any atom is 0.266 e. The van der Waals surface area contributed by atoms with Gasteiger partial charge in [0.25, 0.3) is 10.0 Å². The molecule has 1 saturated carbocycles. The van der Waals surface area contributed by atoms with Gasteiger partial charge >= 0.3 is 0 Å². The second kappa shape index (κ2) is 5.85. The molecule has 0 radical (unpaired) electrons. The molecule has 1 aliphatic carbocycles. The summed E-state index contributed by atoms with van der Waals surface area (Å²) in [7, 11) is -3.59. The molecule has 0 amide bonds. The van der Waals surface area contributed by atoms with E-state index in [1.165, 1.54) is 38.2 Å². The number of nitrogens with one attached hydrogen (secondary N) is 2. The van der Waals surface area contributed by atoms with E-state index < -0.39 is 10.0 Å². The Hall–Kier alpha value is -1.27. The minimum Gasteiger partial charge on any atom is -0.324 e. The van der Waals surface area contributed by atoms with Crippen LogP contribution in [0.15, 0.2) is 28.1 Å². The summed E-state index contributed by atoms with van der Waals surface area (Å²) >= 11 is 5.85. The average Bonchev–Trinajstić information content (AvgIpc) is 2.47. The Morgan fingerprint density at radius 3 is 2.76 bits per heavy atom. The van der Waals surface area contributed by atoms with Gasteiger partial charge in [0.2, 0.25) is 5.96 Å². The van der Waals surface area contributed by atoms with Gasteiger partial charge in [-0.2, -0.15) is 0 Å². The van der Waals surface area contributed by atoms with Crippen molar-refractivity contribution in [2.75, 3.05) is 11.9 Å². The SMILES string of the molecule is O=S1(=O)NC(=NCC2CCCCC2)Nc2ccc(Cl)cc21. The van der Waals surface area contributed by atoms with E-state index in [1.807, 2.05) is 0 Å². The van der Waals surface area contributed by atoms with Gasteiger partial charge < -0.3 is 5.32 Å². The highest BCUT2D eigenvalue weighted by Gasteiger charge is 2.26. The molecule has 1 aliphatic heterocycles. The van der Waals surface area contributed by atoms with Crippen molar-refractivity contribution in [2.24, 2.45) is 10.9 Å². The van der Waals surface area contributed by atoms with Crippen LogP contribution in [-0.2, 0) is 10.0 Å². The third-order valence-electron chi connectivity index (χ3n) is 3.95. The molecule has 0 aromatic heterocycles. The quantitative estimate of drug-likeness (QED) is 0.877. The lowest BCUT2D eigenvalue weighted by molar-refractivity contribution is 0.367. The average molecular weight is 328 g/mol. The Bertz CT molecular complexity index is 667. The van der Waals surface area contributed by atoms with Gasteiger partial charge in [0.15, 0.2) is 0 Å². The minimum absolute atomic E-state index is 0.159. The first-order valence-corrected chi connectivity index (χ1v) is 9.04. The van der Waals surface area contributed by atoms with Crippen LogP contribution in [0.3, 0.4) is 0 Å². The van der Waals surface area contributed by atoms with Crippen LogP contribution in [0.25, 0.3) is 0 Å². The van der Waals surface area contributed by atoms with E-state index in [1.54, 1.807) is 12.1 Å². The topological polar surface area (TPSA) is 70.6 Å². The van der Waals surface area contributed by atoms with Crippen molar-refractivity contribution in [1.29, 1.82) is 0 Å². The van der Waals surface area contributed by atoms with E-state index >= 15 is 0 Å². The molecular formula is C14H18ClN3O2S. The van der Waals surface area contributed by atoms with Gasteiger partial charge in [-0.05, 0) is 37.0 Å². The van der Waals surface area contributed by atoms with Crippen LogP contribution >= 0.6 is 11.6 Å². The van der Waals surface area contributed by atoms with E-state index in [2.05, 4.69) is 15.0 Å². The molecular weight excluding hydrogens is 310 g/mol. The molecule has 21 heavy (non-hydrogen) atoms. The van der Waals surface area contributed by atoms with Gasteiger partial charge in [-0.1, -0.05) is 30.9 Å². The third-order valence-corrected chi connectivity index (χ3v) is 5.56. The maximum atomic E-state index is 12.2. The zero-order chi connectivity index (χ0) is 14.9. The predicted molar refractivity (Wildman–Crippen MR) is 84.3 cm³/mol. The largest absolute Gasteiger partial charge is 0.324 e. The Morgan fingerprint density at radius 2 is 2.00 bits per heavy atom. The molecule has 1 aromatic carbocycles. The Morgan fingerprint density at radius 1 is 1.24 bits per heavy atom. The summed E-state index contributed by atoms with van der Waals surface area (Å²) < 4.78 is 26.9. The molecule has 114 valence electrons. The number of hydrogen-bond donors (Lipinski definition) is 2. The lowest BCUT2D eigenvalue weighted by atomic mass is 9.89. The molecule has 0 unspecified atom stereocenters. The van der Waals surface area contributed by atoms with E-state index in [0.717, 1.165) is 0 Å². The van der Waals surface area contributed by atoms with Crippen LogP contribution in [-0.4, -0.2) is 20.9 Å². The highest BCUT2D eigenvalue weighted by atomic mass is 35.5. The monoisotopic (exact) mass is 327 g/mol. The van der Waals surface area contributed by atoms with Crippen molar-refractivity contribution in [1.82, 2.24) is 4.72 Å². The van der Waals surface area contributed by atoms with Gasteiger partial charge in [0, 0.05) is 11.6 Å². The summed E-state index contributed by atoms with van der Waals surface area (Å²) in [6.45, 7) is 0.660. The summed E-state index contributed by atoms with van der Waals surface area (Å²) in [6, 6.07) is 4.75. The zero-order valence-electron chi connectivity index (χ0n) is 11.6. The molecule has 5 nitrogen and oxygen atoms in total. The van der Waals surface area contributed by atoms with Crippen molar-refractivity contribution >= 4 is 33.3 Å². The number of halogens is 1. The van der Waals surface area contributed by atoms with E-state index in [0.29, 0.717) is 29.1 Å². The van der Waals surface area contributed by atoms with Crippen molar-refractivity contribution in [3.05, 3.63) is 23.2 Å². The van der Waals surface area contributed by atoms with E-state index in [9.17, 15) is 8.42 Å². The van der Waals surface area contributed by atoms with Crippen LogP contribution in [0.1, 0.15) is 32.1 Å². The first kappa shape index (κ1) is 14.7. The molecule has 1 fully saturated rings. The number of nitrogens with zero attached hydrogens (tertiary/aromatic N) is 1. The Balaban J connectivity index is 1.79. The summed E-state index contributed by atoms with van der Waals surface area (Å²) in [5.41, 5.74) is 0.514. The van der Waals surface area contributed by atoms with Crippen molar-refractivity contribution in [2.45, 2.75) is 37.0 Å². The van der Waals surface area contributed by atoms with Gasteiger partial charge in [-0.3, -0.25) is 4.99 Å². The Labute approximate surface area is 129 Å². The maximum absolute atomic E-state index is 12.2. The standard InChI is InChI=1S/C14H18ClN3O2S/c15-11-6-7-12-13(8-11)21(19,20)18-14(17-12)16-9-10-4-2-1-3-5-10/h6-8,10H,1-5,9H2,(H2,16,17,18). The number of guanidine groups is 1. The van der Waals surface area contributed by atoms with E-state index in [-0.39, 0.29) is 4.90 Å². The van der Waals surface area contributed by atoms with Crippen molar-refractivity contribution in [3.63, 3.8) is 0 Å². The molecule has 3 rings (SSSR count). The molecule has 2 aliphatic rings. The number of rotatable bonds is 2.